The molecule has 0 aliphatic rings. The molecule has 0 saturated carbocycles. The third-order valence-electron chi connectivity index (χ3n) is 2.30. The summed E-state index contributed by atoms with van der Waals surface area (Å²) in [6.45, 7) is 3.95. The quantitative estimate of drug-likeness (QED) is 0.621. The van der Waals surface area contributed by atoms with E-state index in [2.05, 4.69) is 16.0 Å². The standard InChI is InChI=1S/C11H20F3N3O2/c1-3-15-10(19)17-9(18)8(2)16-7-5-4-6-11(12,13)14/h8,16H,3-7H2,1-2H3,(H2,15,17,18,19). The van der Waals surface area contributed by atoms with E-state index in [0.29, 0.717) is 19.5 Å². The van der Waals surface area contributed by atoms with Gasteiger partial charge in [0.05, 0.1) is 6.04 Å². The Kier molecular flexibility index (Phi) is 8.13. The molecule has 0 rings (SSSR count). The minimum atomic E-state index is -4.14. The van der Waals surface area contributed by atoms with E-state index in [4.69, 9.17) is 0 Å². The number of amides is 3. The van der Waals surface area contributed by atoms with Gasteiger partial charge in [0.25, 0.3) is 0 Å². The number of hydrogen-bond donors (Lipinski definition) is 3. The Hall–Kier alpha value is -1.31. The third kappa shape index (κ3) is 10.3. The number of carbonyl (C=O) groups excluding carboxylic acids is 2. The molecular weight excluding hydrogens is 263 g/mol. The van der Waals surface area contributed by atoms with Crippen LogP contribution in [0.3, 0.4) is 0 Å². The number of rotatable bonds is 7. The van der Waals surface area contributed by atoms with E-state index in [0.717, 1.165) is 0 Å². The predicted octanol–water partition coefficient (Wildman–Crippen LogP) is 1.54. The van der Waals surface area contributed by atoms with Gasteiger partial charge in [-0.05, 0) is 33.2 Å². The maximum atomic E-state index is 11.9. The first kappa shape index (κ1) is 17.7. The molecule has 8 heteroatoms. The minimum absolute atomic E-state index is 0.0150. The Morgan fingerprint density at radius 3 is 2.37 bits per heavy atom. The van der Waals surface area contributed by atoms with E-state index in [1.165, 1.54) is 6.92 Å². The monoisotopic (exact) mass is 283 g/mol. The molecule has 1 unspecified atom stereocenters. The van der Waals surface area contributed by atoms with Gasteiger partial charge in [-0.25, -0.2) is 4.79 Å². The van der Waals surface area contributed by atoms with E-state index >= 15 is 0 Å². The van der Waals surface area contributed by atoms with Gasteiger partial charge in [-0.3, -0.25) is 10.1 Å². The molecule has 19 heavy (non-hydrogen) atoms. The SMILES string of the molecule is CCNC(=O)NC(=O)C(C)NCCCCC(F)(F)F. The molecule has 0 aromatic heterocycles. The molecule has 0 aromatic carbocycles. The molecule has 0 radical (unpaired) electrons. The average Bonchev–Trinajstić information content (AvgIpc) is 2.26. The van der Waals surface area contributed by atoms with E-state index in [-0.39, 0.29) is 6.42 Å². The molecule has 112 valence electrons. The van der Waals surface area contributed by atoms with Gasteiger partial charge in [-0.15, -0.1) is 0 Å². The largest absolute Gasteiger partial charge is 0.389 e. The molecule has 0 bridgehead atoms. The summed E-state index contributed by atoms with van der Waals surface area (Å²) in [5.74, 6) is -0.512. The first-order valence-electron chi connectivity index (χ1n) is 6.15. The first-order chi connectivity index (χ1) is 8.76. The Labute approximate surface area is 110 Å². The van der Waals surface area contributed by atoms with Crippen molar-refractivity contribution in [1.82, 2.24) is 16.0 Å². The van der Waals surface area contributed by atoms with Crippen molar-refractivity contribution in [3.8, 4) is 0 Å². The summed E-state index contributed by atoms with van der Waals surface area (Å²) in [6, 6.07) is -1.22. The van der Waals surface area contributed by atoms with Crippen LogP contribution in [0.25, 0.3) is 0 Å². The van der Waals surface area contributed by atoms with Crippen LogP contribution in [-0.2, 0) is 4.79 Å². The zero-order chi connectivity index (χ0) is 14.9. The second-order valence-electron chi connectivity index (χ2n) is 4.10. The predicted molar refractivity (Wildman–Crippen MR) is 64.6 cm³/mol. The van der Waals surface area contributed by atoms with Gasteiger partial charge in [0, 0.05) is 13.0 Å². The molecule has 0 fully saturated rings. The highest BCUT2D eigenvalue weighted by atomic mass is 19.4. The summed E-state index contributed by atoms with van der Waals surface area (Å²) in [6.07, 6.45) is -4.63. The number of halogens is 3. The van der Waals surface area contributed by atoms with Gasteiger partial charge >= 0.3 is 12.2 Å². The summed E-state index contributed by atoms with van der Waals surface area (Å²) in [7, 11) is 0. The smallest absolute Gasteiger partial charge is 0.338 e. The average molecular weight is 283 g/mol. The third-order valence-corrected chi connectivity index (χ3v) is 2.30. The normalized spacial score (nSPS) is 12.9. The van der Waals surface area contributed by atoms with Crippen molar-refractivity contribution < 1.29 is 22.8 Å². The molecular formula is C11H20F3N3O2. The van der Waals surface area contributed by atoms with Crippen LogP contribution in [0.5, 0.6) is 0 Å². The van der Waals surface area contributed by atoms with Crippen LogP contribution in [0.4, 0.5) is 18.0 Å². The summed E-state index contributed by atoms with van der Waals surface area (Å²) < 4.78 is 35.6. The molecule has 3 amide bonds. The topological polar surface area (TPSA) is 70.2 Å². The van der Waals surface area contributed by atoms with Crippen LogP contribution in [0.1, 0.15) is 33.1 Å². The molecule has 0 saturated heterocycles. The Morgan fingerprint density at radius 2 is 1.84 bits per heavy atom. The van der Waals surface area contributed by atoms with Gasteiger partial charge in [0.2, 0.25) is 5.91 Å². The van der Waals surface area contributed by atoms with E-state index < -0.39 is 30.6 Å². The van der Waals surface area contributed by atoms with Gasteiger partial charge in [-0.1, -0.05) is 0 Å². The van der Waals surface area contributed by atoms with Crippen molar-refractivity contribution in [3.05, 3.63) is 0 Å². The number of carbonyl (C=O) groups is 2. The van der Waals surface area contributed by atoms with Gasteiger partial charge in [-0.2, -0.15) is 13.2 Å². The molecule has 1 atom stereocenters. The lowest BCUT2D eigenvalue weighted by Crippen LogP contribution is -2.48. The zero-order valence-electron chi connectivity index (χ0n) is 11.1. The molecule has 3 N–H and O–H groups in total. The molecule has 0 heterocycles. The molecule has 0 aliphatic heterocycles. The molecule has 5 nitrogen and oxygen atoms in total. The van der Waals surface area contributed by atoms with Gasteiger partial charge < -0.3 is 10.6 Å². The zero-order valence-corrected chi connectivity index (χ0v) is 11.1. The fourth-order valence-corrected chi connectivity index (χ4v) is 1.29. The summed E-state index contributed by atoms with van der Waals surface area (Å²) in [5.41, 5.74) is 0. The van der Waals surface area contributed by atoms with Crippen molar-refractivity contribution in [1.29, 1.82) is 0 Å². The van der Waals surface area contributed by atoms with Crippen LogP contribution in [0.2, 0.25) is 0 Å². The van der Waals surface area contributed by atoms with Gasteiger partial charge in [0.15, 0.2) is 0 Å². The number of imide groups is 1. The number of alkyl halides is 3. The number of hydrogen-bond acceptors (Lipinski definition) is 3. The molecule has 0 aromatic rings. The van der Waals surface area contributed by atoms with Crippen molar-refractivity contribution in [2.75, 3.05) is 13.1 Å². The fraction of sp³-hybridized carbons (Fsp3) is 0.818. The van der Waals surface area contributed by atoms with Crippen LogP contribution in [0.15, 0.2) is 0 Å². The maximum absolute atomic E-state index is 11.9. The second kappa shape index (κ2) is 8.73. The van der Waals surface area contributed by atoms with E-state index in [9.17, 15) is 22.8 Å². The number of unbranched alkanes of at least 4 members (excludes halogenated alkanes) is 1. The Morgan fingerprint density at radius 1 is 1.21 bits per heavy atom. The van der Waals surface area contributed by atoms with Crippen LogP contribution >= 0.6 is 0 Å². The lowest BCUT2D eigenvalue weighted by atomic mass is 10.2. The molecule has 0 spiro atoms. The van der Waals surface area contributed by atoms with Gasteiger partial charge in [0.1, 0.15) is 0 Å². The first-order valence-corrected chi connectivity index (χ1v) is 6.15. The number of nitrogens with one attached hydrogen (secondary N) is 3. The second-order valence-corrected chi connectivity index (χ2v) is 4.10. The van der Waals surface area contributed by atoms with E-state index in [1.54, 1.807) is 6.92 Å². The van der Waals surface area contributed by atoms with Crippen molar-refractivity contribution in [2.24, 2.45) is 0 Å². The summed E-state index contributed by atoms with van der Waals surface area (Å²) in [5, 5.41) is 7.27. The summed E-state index contributed by atoms with van der Waals surface area (Å²) >= 11 is 0. The highest BCUT2D eigenvalue weighted by molar-refractivity contribution is 5.96. The molecule has 0 aliphatic carbocycles. The Balaban J connectivity index is 3.71. The van der Waals surface area contributed by atoms with Crippen LogP contribution in [0, 0.1) is 0 Å². The lowest BCUT2D eigenvalue weighted by molar-refractivity contribution is -0.135. The Bertz CT molecular complexity index is 295. The highest BCUT2D eigenvalue weighted by Gasteiger charge is 2.25. The van der Waals surface area contributed by atoms with E-state index in [1.807, 2.05) is 0 Å². The maximum Gasteiger partial charge on any atom is 0.389 e. The van der Waals surface area contributed by atoms with Crippen LogP contribution < -0.4 is 16.0 Å². The number of urea groups is 1. The highest BCUT2D eigenvalue weighted by Crippen LogP contribution is 2.21. The van der Waals surface area contributed by atoms with Crippen molar-refractivity contribution >= 4 is 11.9 Å². The lowest BCUT2D eigenvalue weighted by Gasteiger charge is -2.13. The summed E-state index contributed by atoms with van der Waals surface area (Å²) in [4.78, 5) is 22.5. The minimum Gasteiger partial charge on any atom is -0.338 e. The fourth-order valence-electron chi connectivity index (χ4n) is 1.29. The van der Waals surface area contributed by atoms with Crippen LogP contribution in [-0.4, -0.2) is 37.2 Å². The van der Waals surface area contributed by atoms with Crippen molar-refractivity contribution in [2.45, 2.75) is 45.3 Å². The van der Waals surface area contributed by atoms with Crippen molar-refractivity contribution in [3.63, 3.8) is 0 Å².